The lowest BCUT2D eigenvalue weighted by molar-refractivity contribution is -0.115. The Bertz CT molecular complexity index is 346. The van der Waals surface area contributed by atoms with Gasteiger partial charge in [-0.1, -0.05) is 5.10 Å². The molecule has 1 saturated carbocycles. The van der Waals surface area contributed by atoms with E-state index < -0.39 is 0 Å². The Labute approximate surface area is 87.4 Å². The van der Waals surface area contributed by atoms with Gasteiger partial charge in [0.05, 0.1) is 6.54 Å². The number of aryl methyl sites for hydroxylation is 1. The van der Waals surface area contributed by atoms with Gasteiger partial charge in [0, 0.05) is 6.92 Å². The Kier molecular flexibility index (Phi) is 2.96. The summed E-state index contributed by atoms with van der Waals surface area (Å²) in [5, 5.41) is 12.9. The van der Waals surface area contributed by atoms with Crippen molar-refractivity contribution >= 4 is 11.9 Å². The van der Waals surface area contributed by atoms with E-state index in [-0.39, 0.29) is 18.5 Å². The third-order valence-electron chi connectivity index (χ3n) is 2.19. The van der Waals surface area contributed by atoms with Crippen molar-refractivity contribution in [2.24, 2.45) is 5.92 Å². The number of hydrogen-bond donors (Lipinski definition) is 2. The largest absolute Gasteiger partial charge is 0.408 e. The zero-order valence-corrected chi connectivity index (χ0v) is 8.62. The molecule has 0 aliphatic heterocycles. The van der Waals surface area contributed by atoms with Crippen molar-refractivity contribution in [1.82, 2.24) is 15.5 Å². The molecule has 1 aliphatic rings. The maximum Gasteiger partial charge on any atom is 0.322 e. The summed E-state index contributed by atoms with van der Waals surface area (Å²) in [4.78, 5) is 11.3. The van der Waals surface area contributed by atoms with E-state index in [1.54, 1.807) is 6.92 Å². The molecule has 82 valence electrons. The van der Waals surface area contributed by atoms with E-state index in [0.29, 0.717) is 5.89 Å². The number of carbonyl (C=O) groups excluding carboxylic acids is 1. The number of amides is 1. The highest BCUT2D eigenvalue weighted by molar-refractivity contribution is 5.90. The van der Waals surface area contributed by atoms with E-state index in [1.165, 1.54) is 12.8 Å². The van der Waals surface area contributed by atoms with Crippen molar-refractivity contribution in [3.05, 3.63) is 5.89 Å². The predicted molar refractivity (Wildman–Crippen MR) is 53.3 cm³/mol. The zero-order valence-electron chi connectivity index (χ0n) is 8.62. The number of anilines is 1. The third-order valence-corrected chi connectivity index (χ3v) is 2.19. The van der Waals surface area contributed by atoms with E-state index in [4.69, 9.17) is 4.42 Å². The van der Waals surface area contributed by atoms with Crippen LogP contribution in [-0.2, 0) is 4.79 Å². The number of nitrogens with zero attached hydrogens (tertiary/aromatic N) is 2. The summed E-state index contributed by atoms with van der Waals surface area (Å²) in [6, 6.07) is 0.158. The average molecular weight is 210 g/mol. The lowest BCUT2D eigenvalue weighted by Crippen LogP contribution is -2.29. The second-order valence-electron chi connectivity index (χ2n) is 3.75. The van der Waals surface area contributed by atoms with E-state index >= 15 is 0 Å². The van der Waals surface area contributed by atoms with Gasteiger partial charge in [0.15, 0.2) is 0 Å². The summed E-state index contributed by atoms with van der Waals surface area (Å²) in [7, 11) is 0. The molecule has 15 heavy (non-hydrogen) atoms. The van der Waals surface area contributed by atoms with E-state index in [2.05, 4.69) is 20.8 Å². The van der Waals surface area contributed by atoms with Crippen molar-refractivity contribution in [2.75, 3.05) is 18.4 Å². The molecule has 0 spiro atoms. The molecule has 0 radical (unpaired) electrons. The molecule has 0 aromatic carbocycles. The molecule has 1 heterocycles. The fourth-order valence-corrected chi connectivity index (χ4v) is 1.22. The second-order valence-corrected chi connectivity index (χ2v) is 3.75. The van der Waals surface area contributed by atoms with Crippen LogP contribution in [0.15, 0.2) is 4.42 Å². The molecule has 0 bridgehead atoms. The van der Waals surface area contributed by atoms with Crippen LogP contribution in [0, 0.1) is 12.8 Å². The molecule has 6 heteroatoms. The fourth-order valence-electron chi connectivity index (χ4n) is 1.22. The molecule has 1 aliphatic carbocycles. The minimum absolute atomic E-state index is 0.153. The van der Waals surface area contributed by atoms with E-state index in [0.717, 1.165) is 12.5 Å². The number of rotatable bonds is 5. The molecule has 6 nitrogen and oxygen atoms in total. The van der Waals surface area contributed by atoms with Gasteiger partial charge in [-0.25, -0.2) is 0 Å². The zero-order chi connectivity index (χ0) is 10.7. The third kappa shape index (κ3) is 3.32. The summed E-state index contributed by atoms with van der Waals surface area (Å²) < 4.78 is 5.01. The van der Waals surface area contributed by atoms with Gasteiger partial charge in [-0.3, -0.25) is 10.1 Å². The topological polar surface area (TPSA) is 80.0 Å². The normalized spacial score (nSPS) is 15.3. The molecule has 0 saturated heterocycles. The Hall–Kier alpha value is -1.43. The maximum atomic E-state index is 11.3. The summed E-state index contributed by atoms with van der Waals surface area (Å²) in [5.41, 5.74) is 0. The summed E-state index contributed by atoms with van der Waals surface area (Å²) in [6.07, 6.45) is 2.55. The molecule has 2 N–H and O–H groups in total. The molecule has 0 atom stereocenters. The summed E-state index contributed by atoms with van der Waals surface area (Å²) >= 11 is 0. The fraction of sp³-hybridized carbons (Fsp3) is 0.667. The standard InChI is InChI=1S/C9H14N4O2/c1-6-12-13-9(15-6)11-8(14)5-10-4-7-2-3-7/h7,10H,2-5H2,1H3,(H,11,13,14). The van der Waals surface area contributed by atoms with Crippen LogP contribution in [0.4, 0.5) is 6.01 Å². The molecule has 1 aromatic heterocycles. The maximum absolute atomic E-state index is 11.3. The average Bonchev–Trinajstić information content (AvgIpc) is 2.91. The Morgan fingerprint density at radius 2 is 2.33 bits per heavy atom. The Balaban J connectivity index is 1.67. The van der Waals surface area contributed by atoms with Crippen LogP contribution < -0.4 is 10.6 Å². The predicted octanol–water partition coefficient (Wildman–Crippen LogP) is 0.316. The minimum atomic E-state index is -0.153. The van der Waals surface area contributed by atoms with Crippen LogP contribution in [0.1, 0.15) is 18.7 Å². The molecule has 1 amide bonds. The van der Waals surface area contributed by atoms with Crippen LogP contribution in [-0.4, -0.2) is 29.2 Å². The molecular formula is C9H14N4O2. The van der Waals surface area contributed by atoms with Crippen LogP contribution in [0.2, 0.25) is 0 Å². The number of hydrogen-bond acceptors (Lipinski definition) is 5. The van der Waals surface area contributed by atoms with E-state index in [9.17, 15) is 4.79 Å². The van der Waals surface area contributed by atoms with Crippen LogP contribution in [0.3, 0.4) is 0 Å². The first-order valence-corrected chi connectivity index (χ1v) is 5.04. The van der Waals surface area contributed by atoms with Gasteiger partial charge in [-0.05, 0) is 25.3 Å². The smallest absolute Gasteiger partial charge is 0.322 e. The Morgan fingerprint density at radius 1 is 1.53 bits per heavy atom. The van der Waals surface area contributed by atoms with Crippen LogP contribution in [0.25, 0.3) is 0 Å². The first-order chi connectivity index (χ1) is 7.24. The highest BCUT2D eigenvalue weighted by Crippen LogP contribution is 2.27. The first kappa shape index (κ1) is 10.1. The van der Waals surface area contributed by atoms with Gasteiger partial charge in [0.1, 0.15) is 0 Å². The van der Waals surface area contributed by atoms with Gasteiger partial charge in [-0.15, -0.1) is 5.10 Å². The Morgan fingerprint density at radius 3 is 2.93 bits per heavy atom. The number of aromatic nitrogens is 2. The van der Waals surface area contributed by atoms with Crippen molar-refractivity contribution in [3.8, 4) is 0 Å². The highest BCUT2D eigenvalue weighted by Gasteiger charge is 2.20. The van der Waals surface area contributed by atoms with Gasteiger partial charge in [0.2, 0.25) is 11.8 Å². The molecule has 1 fully saturated rings. The molecule has 0 unspecified atom stereocenters. The lowest BCUT2D eigenvalue weighted by atomic mass is 10.4. The van der Waals surface area contributed by atoms with E-state index in [1.807, 2.05) is 0 Å². The molecule has 1 aromatic rings. The van der Waals surface area contributed by atoms with Gasteiger partial charge >= 0.3 is 6.01 Å². The van der Waals surface area contributed by atoms with Gasteiger partial charge < -0.3 is 9.73 Å². The summed E-state index contributed by atoms with van der Waals surface area (Å²) in [5.74, 6) is 1.05. The molecular weight excluding hydrogens is 196 g/mol. The van der Waals surface area contributed by atoms with Gasteiger partial charge in [-0.2, -0.15) is 0 Å². The van der Waals surface area contributed by atoms with Crippen molar-refractivity contribution < 1.29 is 9.21 Å². The second kappa shape index (κ2) is 4.39. The minimum Gasteiger partial charge on any atom is -0.408 e. The van der Waals surface area contributed by atoms with Crippen molar-refractivity contribution in [1.29, 1.82) is 0 Å². The first-order valence-electron chi connectivity index (χ1n) is 5.04. The molecule has 2 rings (SSSR count). The van der Waals surface area contributed by atoms with Crippen molar-refractivity contribution in [2.45, 2.75) is 19.8 Å². The monoisotopic (exact) mass is 210 g/mol. The summed E-state index contributed by atoms with van der Waals surface area (Å²) in [6.45, 7) is 2.88. The lowest BCUT2D eigenvalue weighted by Gasteiger charge is -2.01. The number of nitrogens with one attached hydrogen (secondary N) is 2. The highest BCUT2D eigenvalue weighted by atomic mass is 16.4. The van der Waals surface area contributed by atoms with Crippen LogP contribution in [0.5, 0.6) is 0 Å². The van der Waals surface area contributed by atoms with Crippen LogP contribution >= 0.6 is 0 Å². The number of carbonyl (C=O) groups is 1. The van der Waals surface area contributed by atoms with Crippen molar-refractivity contribution in [3.63, 3.8) is 0 Å². The quantitative estimate of drug-likeness (QED) is 0.731. The SMILES string of the molecule is Cc1nnc(NC(=O)CNCC2CC2)o1. The van der Waals surface area contributed by atoms with Gasteiger partial charge in [0.25, 0.3) is 0 Å².